The van der Waals surface area contributed by atoms with E-state index in [0.29, 0.717) is 5.56 Å². The zero-order valence-electron chi connectivity index (χ0n) is 14.2. The van der Waals surface area contributed by atoms with E-state index in [4.69, 9.17) is 9.47 Å². The van der Waals surface area contributed by atoms with Crippen molar-refractivity contribution in [3.8, 4) is 5.75 Å². The van der Waals surface area contributed by atoms with Crippen LogP contribution >= 0.6 is 0 Å². The third-order valence-corrected chi connectivity index (χ3v) is 3.58. The first-order chi connectivity index (χ1) is 12.2. The van der Waals surface area contributed by atoms with Gasteiger partial charge in [-0.05, 0) is 38.1 Å². The first-order valence-electron chi connectivity index (χ1n) is 7.84. The van der Waals surface area contributed by atoms with Crippen LogP contribution in [0.2, 0.25) is 0 Å². The fourth-order valence-electron chi connectivity index (χ4n) is 2.37. The molecule has 4 nitrogen and oxygen atoms in total. The summed E-state index contributed by atoms with van der Waals surface area (Å²) < 4.78 is 49.8. The monoisotopic (exact) mass is 366 g/mol. The number of halogens is 3. The van der Waals surface area contributed by atoms with Crippen molar-refractivity contribution in [1.82, 2.24) is 0 Å². The van der Waals surface area contributed by atoms with Gasteiger partial charge in [0.2, 0.25) is 0 Å². The summed E-state index contributed by atoms with van der Waals surface area (Å²) in [5.74, 6) is -1.27. The smallest absolute Gasteiger partial charge is 0.417 e. The Hall–Kier alpha value is -2.83. The number of ketones is 1. The normalized spacial score (nSPS) is 11.1. The van der Waals surface area contributed by atoms with E-state index in [2.05, 4.69) is 0 Å². The summed E-state index contributed by atoms with van der Waals surface area (Å²) in [6.45, 7) is 2.83. The summed E-state index contributed by atoms with van der Waals surface area (Å²) in [4.78, 5) is 23.3. The molecule has 26 heavy (non-hydrogen) atoms. The van der Waals surface area contributed by atoms with Gasteiger partial charge in [-0.1, -0.05) is 18.2 Å². The van der Waals surface area contributed by atoms with Crippen molar-refractivity contribution >= 4 is 11.8 Å². The molecule has 0 aromatic heterocycles. The van der Waals surface area contributed by atoms with Crippen LogP contribution in [0, 0.1) is 0 Å². The van der Waals surface area contributed by atoms with Crippen molar-refractivity contribution in [3.63, 3.8) is 0 Å². The first kappa shape index (κ1) is 19.5. The second kappa shape index (κ2) is 8.03. The molecule has 0 saturated heterocycles. The van der Waals surface area contributed by atoms with Crippen molar-refractivity contribution in [1.29, 1.82) is 0 Å². The van der Waals surface area contributed by atoms with E-state index in [9.17, 15) is 22.8 Å². The zero-order valence-corrected chi connectivity index (χ0v) is 14.2. The number of Topliss-reactive ketones (excluding diaryl/α,β-unsaturated/α-hetero) is 1. The number of ether oxygens (including phenoxy) is 2. The Morgan fingerprint density at radius 1 is 1.04 bits per heavy atom. The van der Waals surface area contributed by atoms with E-state index >= 15 is 0 Å². The summed E-state index contributed by atoms with van der Waals surface area (Å²) in [7, 11) is 0. The highest BCUT2D eigenvalue weighted by Crippen LogP contribution is 2.35. The van der Waals surface area contributed by atoms with Crippen LogP contribution in [0.25, 0.3) is 0 Å². The van der Waals surface area contributed by atoms with Crippen LogP contribution in [0.4, 0.5) is 13.2 Å². The Morgan fingerprint density at radius 3 is 2.35 bits per heavy atom. The van der Waals surface area contributed by atoms with Crippen LogP contribution in [0.5, 0.6) is 5.75 Å². The van der Waals surface area contributed by atoms with E-state index in [1.54, 1.807) is 31.2 Å². The molecule has 2 aromatic carbocycles. The molecular formula is C19H17F3O4. The molecule has 0 radical (unpaired) electrons. The number of hydrogen-bond donors (Lipinski definition) is 0. The third kappa shape index (κ3) is 4.62. The Bertz CT molecular complexity index is 813. The van der Waals surface area contributed by atoms with Gasteiger partial charge in [0.15, 0.2) is 5.78 Å². The van der Waals surface area contributed by atoms with Crippen molar-refractivity contribution in [2.45, 2.75) is 26.6 Å². The summed E-state index contributed by atoms with van der Waals surface area (Å²) in [6.07, 6.45) is -4.68. The van der Waals surface area contributed by atoms with Gasteiger partial charge in [0.25, 0.3) is 0 Å². The molecule has 138 valence electrons. The van der Waals surface area contributed by atoms with Gasteiger partial charge in [-0.2, -0.15) is 13.2 Å². The molecule has 2 rings (SSSR count). The fraction of sp³-hybridized carbons (Fsp3) is 0.263. The van der Waals surface area contributed by atoms with Gasteiger partial charge in [-0.3, -0.25) is 4.79 Å². The van der Waals surface area contributed by atoms with Crippen LogP contribution in [0.15, 0.2) is 42.5 Å². The van der Waals surface area contributed by atoms with E-state index in [0.717, 1.165) is 19.1 Å². The minimum absolute atomic E-state index is 0.0546. The van der Waals surface area contributed by atoms with Crippen molar-refractivity contribution in [2.75, 3.05) is 6.61 Å². The highest BCUT2D eigenvalue weighted by molar-refractivity contribution is 5.96. The summed E-state index contributed by atoms with van der Waals surface area (Å²) in [5.41, 5.74) is -0.709. The molecule has 0 amide bonds. The van der Waals surface area contributed by atoms with Gasteiger partial charge in [0.05, 0.1) is 17.7 Å². The summed E-state index contributed by atoms with van der Waals surface area (Å²) in [6, 6.07) is 9.67. The first-order valence-corrected chi connectivity index (χ1v) is 7.84. The summed E-state index contributed by atoms with van der Waals surface area (Å²) in [5, 5.41) is 0. The zero-order chi connectivity index (χ0) is 19.3. The van der Waals surface area contributed by atoms with Crippen molar-refractivity contribution < 1.29 is 32.2 Å². The van der Waals surface area contributed by atoms with Crippen LogP contribution < -0.4 is 4.74 Å². The van der Waals surface area contributed by atoms with Gasteiger partial charge < -0.3 is 9.47 Å². The highest BCUT2D eigenvalue weighted by Gasteiger charge is 2.35. The standard InChI is InChI=1S/C19H17F3O4/c1-3-25-18(24)16-7-5-4-6-13(16)11-26-14-8-9-15(12(2)23)17(10-14)19(20,21)22/h4-10H,3,11H2,1-2H3. The number of carbonyl (C=O) groups excluding carboxylic acids is 2. The molecule has 0 saturated carbocycles. The molecule has 0 aliphatic rings. The number of rotatable bonds is 6. The molecule has 0 bridgehead atoms. The van der Waals surface area contributed by atoms with Gasteiger partial charge in [0.1, 0.15) is 12.4 Å². The summed E-state index contributed by atoms with van der Waals surface area (Å²) >= 11 is 0. The molecule has 0 aliphatic carbocycles. The minimum atomic E-state index is -4.68. The molecule has 0 spiro atoms. The lowest BCUT2D eigenvalue weighted by molar-refractivity contribution is -0.138. The molecule has 7 heteroatoms. The quantitative estimate of drug-likeness (QED) is 0.551. The number of hydrogen-bond acceptors (Lipinski definition) is 4. The van der Waals surface area contributed by atoms with Crippen LogP contribution in [-0.4, -0.2) is 18.4 Å². The predicted octanol–water partition coefficient (Wildman–Crippen LogP) is 4.66. The largest absolute Gasteiger partial charge is 0.489 e. The van der Waals surface area contributed by atoms with Gasteiger partial charge in [0, 0.05) is 11.1 Å². The van der Waals surface area contributed by atoms with E-state index < -0.39 is 29.1 Å². The fourth-order valence-corrected chi connectivity index (χ4v) is 2.37. The topological polar surface area (TPSA) is 52.6 Å². The second-order valence-electron chi connectivity index (χ2n) is 5.43. The lowest BCUT2D eigenvalue weighted by Gasteiger charge is -2.14. The maximum atomic E-state index is 13.1. The number of esters is 1. The molecule has 0 heterocycles. The maximum Gasteiger partial charge on any atom is 0.417 e. The number of benzene rings is 2. The molecule has 0 N–H and O–H groups in total. The van der Waals surface area contributed by atoms with Crippen LogP contribution in [0.3, 0.4) is 0 Å². The Balaban J connectivity index is 2.26. The molecular weight excluding hydrogens is 349 g/mol. The average molecular weight is 366 g/mol. The van der Waals surface area contributed by atoms with Gasteiger partial charge in [-0.25, -0.2) is 4.79 Å². The van der Waals surface area contributed by atoms with Gasteiger partial charge >= 0.3 is 12.1 Å². The Morgan fingerprint density at radius 2 is 1.73 bits per heavy atom. The average Bonchev–Trinajstić information content (AvgIpc) is 2.59. The third-order valence-electron chi connectivity index (χ3n) is 3.58. The molecule has 2 aromatic rings. The molecule has 0 fully saturated rings. The van der Waals surface area contributed by atoms with E-state index in [1.165, 1.54) is 6.07 Å². The molecule has 0 unspecified atom stereocenters. The minimum Gasteiger partial charge on any atom is -0.489 e. The Labute approximate surface area is 148 Å². The second-order valence-corrected chi connectivity index (χ2v) is 5.43. The Kier molecular flexibility index (Phi) is 6.02. The molecule has 0 aliphatic heterocycles. The van der Waals surface area contributed by atoms with E-state index in [-0.39, 0.29) is 24.5 Å². The molecule has 0 atom stereocenters. The van der Waals surface area contributed by atoms with E-state index in [1.807, 2.05) is 0 Å². The van der Waals surface area contributed by atoms with Crippen molar-refractivity contribution in [3.05, 3.63) is 64.7 Å². The lowest BCUT2D eigenvalue weighted by atomic mass is 10.0. The van der Waals surface area contributed by atoms with Crippen molar-refractivity contribution in [2.24, 2.45) is 0 Å². The SMILES string of the molecule is CCOC(=O)c1ccccc1COc1ccc(C(C)=O)c(C(F)(F)F)c1. The number of alkyl halides is 3. The van der Waals surface area contributed by atoms with Crippen LogP contribution in [-0.2, 0) is 17.5 Å². The predicted molar refractivity (Wildman–Crippen MR) is 88.2 cm³/mol. The lowest BCUT2D eigenvalue weighted by Crippen LogP contribution is -2.12. The maximum absolute atomic E-state index is 13.1. The highest BCUT2D eigenvalue weighted by atomic mass is 19.4. The van der Waals surface area contributed by atoms with Gasteiger partial charge in [-0.15, -0.1) is 0 Å². The number of carbonyl (C=O) groups is 2. The van der Waals surface area contributed by atoms with Crippen LogP contribution in [0.1, 0.15) is 45.7 Å².